The first-order valence-corrected chi connectivity index (χ1v) is 7.01. The maximum Gasteiger partial charge on any atom is 0.335 e. The van der Waals surface area contributed by atoms with Gasteiger partial charge in [0.15, 0.2) is 0 Å². The summed E-state index contributed by atoms with van der Waals surface area (Å²) in [5.41, 5.74) is 3.31. The molecule has 21 heavy (non-hydrogen) atoms. The molecule has 0 radical (unpaired) electrons. The molecule has 1 aliphatic heterocycles. The highest BCUT2D eigenvalue weighted by Crippen LogP contribution is 2.23. The third-order valence-corrected chi connectivity index (χ3v) is 3.43. The number of carbonyl (C=O) groups is 1. The molecular formula is C17H20N2O2. The van der Waals surface area contributed by atoms with Crippen LogP contribution in [-0.4, -0.2) is 16.9 Å². The smallest absolute Gasteiger partial charge is 0.335 e. The zero-order valence-electron chi connectivity index (χ0n) is 12.6. The van der Waals surface area contributed by atoms with Gasteiger partial charge in [-0.1, -0.05) is 12.2 Å². The quantitative estimate of drug-likeness (QED) is 0.885. The van der Waals surface area contributed by atoms with Gasteiger partial charge in [0.1, 0.15) is 5.84 Å². The Labute approximate surface area is 125 Å². The van der Waals surface area contributed by atoms with Gasteiger partial charge in [0, 0.05) is 17.1 Å². The Bertz CT molecular complexity index is 625. The number of anilines is 1. The molecule has 0 aliphatic carbocycles. The molecule has 1 aromatic carbocycles. The van der Waals surface area contributed by atoms with Crippen molar-refractivity contribution in [1.29, 1.82) is 0 Å². The van der Waals surface area contributed by atoms with Gasteiger partial charge in [-0.2, -0.15) is 0 Å². The first-order chi connectivity index (χ1) is 9.99. The van der Waals surface area contributed by atoms with Crippen LogP contribution in [0.5, 0.6) is 0 Å². The summed E-state index contributed by atoms with van der Waals surface area (Å²) in [4.78, 5) is 17.6. The standard InChI is InChI=1S/C17H20N2O2/c1-12-6-4-5-7-13(2)19(14(3)18-12)16-10-8-15(9-11-16)17(20)21/h6-11H,4-5H2,1-3H3,(H,20,21)/b12-6+,13-7+,18-14?. The van der Waals surface area contributed by atoms with Crippen molar-refractivity contribution in [3.8, 4) is 0 Å². The highest BCUT2D eigenvalue weighted by atomic mass is 16.4. The molecule has 1 heterocycles. The van der Waals surface area contributed by atoms with Crippen LogP contribution in [0, 0.1) is 0 Å². The van der Waals surface area contributed by atoms with Crippen molar-refractivity contribution in [2.24, 2.45) is 4.99 Å². The average molecular weight is 284 g/mol. The first kappa shape index (κ1) is 15.0. The predicted molar refractivity (Wildman–Crippen MR) is 85.7 cm³/mol. The minimum atomic E-state index is -0.914. The zero-order valence-corrected chi connectivity index (χ0v) is 12.6. The van der Waals surface area contributed by atoms with E-state index in [0.29, 0.717) is 0 Å². The van der Waals surface area contributed by atoms with Crippen LogP contribution in [0.25, 0.3) is 0 Å². The maximum atomic E-state index is 10.9. The minimum Gasteiger partial charge on any atom is -0.478 e. The van der Waals surface area contributed by atoms with E-state index >= 15 is 0 Å². The third-order valence-electron chi connectivity index (χ3n) is 3.43. The normalized spacial score (nSPS) is 21.1. The van der Waals surface area contributed by atoms with Crippen LogP contribution in [0.1, 0.15) is 44.0 Å². The van der Waals surface area contributed by atoms with Crippen molar-refractivity contribution < 1.29 is 9.90 Å². The molecule has 0 spiro atoms. The second-order valence-electron chi connectivity index (χ2n) is 5.11. The number of allylic oxidation sites excluding steroid dienone is 4. The number of benzene rings is 1. The van der Waals surface area contributed by atoms with Gasteiger partial charge in [-0.25, -0.2) is 9.79 Å². The minimum absolute atomic E-state index is 0.287. The number of aromatic carboxylic acids is 1. The molecule has 2 rings (SSSR count). The Balaban J connectivity index is 2.43. The highest BCUT2D eigenvalue weighted by molar-refractivity contribution is 5.99. The SMILES string of the molecule is CC1=N/C(C)=C/CC/C=C(\C)N1c1ccc(C(=O)O)cc1. The van der Waals surface area contributed by atoms with Gasteiger partial charge >= 0.3 is 5.97 Å². The Kier molecular flexibility index (Phi) is 4.58. The molecule has 0 saturated carbocycles. The lowest BCUT2D eigenvalue weighted by atomic mass is 10.1. The van der Waals surface area contributed by atoms with Crippen LogP contribution in [0.15, 0.2) is 52.8 Å². The third kappa shape index (κ3) is 3.60. The van der Waals surface area contributed by atoms with Crippen molar-refractivity contribution in [2.45, 2.75) is 33.6 Å². The van der Waals surface area contributed by atoms with Gasteiger partial charge in [0.2, 0.25) is 0 Å². The summed E-state index contributed by atoms with van der Waals surface area (Å²) in [7, 11) is 0. The number of hydrogen-bond donors (Lipinski definition) is 1. The lowest BCUT2D eigenvalue weighted by Crippen LogP contribution is -2.26. The summed E-state index contributed by atoms with van der Waals surface area (Å²) in [5.74, 6) is -0.0371. The van der Waals surface area contributed by atoms with Crippen molar-refractivity contribution in [2.75, 3.05) is 4.90 Å². The highest BCUT2D eigenvalue weighted by Gasteiger charge is 2.14. The van der Waals surface area contributed by atoms with Crippen LogP contribution in [0.2, 0.25) is 0 Å². The van der Waals surface area contributed by atoms with Gasteiger partial charge in [-0.3, -0.25) is 0 Å². The second kappa shape index (κ2) is 6.39. The summed E-state index contributed by atoms with van der Waals surface area (Å²) in [6.45, 7) is 6.01. The fourth-order valence-electron chi connectivity index (χ4n) is 2.43. The Hall–Kier alpha value is -2.36. The van der Waals surface area contributed by atoms with Crippen molar-refractivity contribution in [3.05, 3.63) is 53.4 Å². The molecule has 1 aromatic rings. The molecule has 0 atom stereocenters. The summed E-state index contributed by atoms with van der Waals surface area (Å²) in [6, 6.07) is 6.87. The Morgan fingerprint density at radius 3 is 2.33 bits per heavy atom. The van der Waals surface area contributed by atoms with E-state index in [4.69, 9.17) is 5.11 Å². The summed E-state index contributed by atoms with van der Waals surface area (Å²) >= 11 is 0. The largest absolute Gasteiger partial charge is 0.478 e. The van der Waals surface area contributed by atoms with Crippen molar-refractivity contribution in [3.63, 3.8) is 0 Å². The molecule has 1 N–H and O–H groups in total. The van der Waals surface area contributed by atoms with Gasteiger partial charge < -0.3 is 10.0 Å². The van der Waals surface area contributed by atoms with E-state index in [0.717, 1.165) is 35.8 Å². The summed E-state index contributed by atoms with van der Waals surface area (Å²) in [5, 5.41) is 8.99. The molecule has 0 unspecified atom stereocenters. The second-order valence-corrected chi connectivity index (χ2v) is 5.11. The van der Waals surface area contributed by atoms with Crippen LogP contribution >= 0.6 is 0 Å². The summed E-state index contributed by atoms with van der Waals surface area (Å²) in [6.07, 6.45) is 6.25. The van der Waals surface area contributed by atoms with E-state index in [1.807, 2.05) is 37.8 Å². The number of rotatable bonds is 2. The first-order valence-electron chi connectivity index (χ1n) is 7.01. The number of hydrogen-bond acceptors (Lipinski definition) is 3. The lowest BCUT2D eigenvalue weighted by molar-refractivity contribution is 0.0697. The van der Waals surface area contributed by atoms with E-state index in [1.54, 1.807) is 12.1 Å². The van der Waals surface area contributed by atoms with E-state index in [-0.39, 0.29) is 5.56 Å². The van der Waals surface area contributed by atoms with Crippen molar-refractivity contribution >= 4 is 17.5 Å². The number of carboxylic acid groups (broad SMARTS) is 1. The molecule has 110 valence electrons. The van der Waals surface area contributed by atoms with E-state index in [1.165, 1.54) is 0 Å². The molecule has 0 aromatic heterocycles. The molecule has 0 fully saturated rings. The lowest BCUT2D eigenvalue weighted by Gasteiger charge is -2.25. The predicted octanol–water partition coefficient (Wildman–Crippen LogP) is 4.21. The van der Waals surface area contributed by atoms with Crippen LogP contribution in [0.3, 0.4) is 0 Å². The molecule has 4 heteroatoms. The fourth-order valence-corrected chi connectivity index (χ4v) is 2.43. The van der Waals surface area contributed by atoms with Crippen LogP contribution in [0.4, 0.5) is 5.69 Å². The Morgan fingerprint density at radius 2 is 1.71 bits per heavy atom. The number of aliphatic imine (C=N–C) groups is 1. The van der Waals surface area contributed by atoms with E-state index < -0.39 is 5.97 Å². The molecule has 1 aliphatic rings. The topological polar surface area (TPSA) is 52.9 Å². The monoisotopic (exact) mass is 284 g/mol. The number of carboxylic acids is 1. The van der Waals surface area contributed by atoms with Crippen LogP contribution < -0.4 is 4.90 Å². The number of amidine groups is 1. The van der Waals surface area contributed by atoms with Crippen LogP contribution in [-0.2, 0) is 0 Å². The molecular weight excluding hydrogens is 264 g/mol. The molecule has 4 nitrogen and oxygen atoms in total. The van der Waals surface area contributed by atoms with Gasteiger partial charge in [-0.05, 0) is 57.9 Å². The average Bonchev–Trinajstić information content (AvgIpc) is 2.49. The molecule has 0 saturated heterocycles. The fraction of sp³-hybridized carbons (Fsp3) is 0.294. The van der Waals surface area contributed by atoms with Crippen molar-refractivity contribution in [1.82, 2.24) is 0 Å². The Morgan fingerprint density at radius 1 is 1.10 bits per heavy atom. The number of nitrogens with zero attached hydrogens (tertiary/aromatic N) is 2. The van der Waals surface area contributed by atoms with Gasteiger partial charge in [-0.15, -0.1) is 0 Å². The van der Waals surface area contributed by atoms with E-state index in [9.17, 15) is 4.79 Å². The van der Waals surface area contributed by atoms with E-state index in [2.05, 4.69) is 17.1 Å². The molecule has 0 amide bonds. The van der Waals surface area contributed by atoms with Gasteiger partial charge in [0.25, 0.3) is 0 Å². The molecule has 0 bridgehead atoms. The summed E-state index contributed by atoms with van der Waals surface area (Å²) < 4.78 is 0. The maximum absolute atomic E-state index is 10.9. The van der Waals surface area contributed by atoms with Gasteiger partial charge in [0.05, 0.1) is 5.56 Å². The zero-order chi connectivity index (χ0) is 15.4.